The first-order chi connectivity index (χ1) is 7.95. The SMILES string of the molecule is O=C(O)C(=CN1C(O)=NC(O)=NC1O)CCO. The summed E-state index contributed by atoms with van der Waals surface area (Å²) in [5.41, 5.74) is -0.259. The maximum Gasteiger partial charge on any atom is 0.333 e. The Morgan fingerprint density at radius 1 is 1.47 bits per heavy atom. The quantitative estimate of drug-likeness (QED) is 0.389. The van der Waals surface area contributed by atoms with Crippen molar-refractivity contribution in [3.8, 4) is 0 Å². The average Bonchev–Trinajstić information content (AvgIpc) is 2.21. The summed E-state index contributed by atoms with van der Waals surface area (Å²) in [5.74, 6) is -1.32. The van der Waals surface area contributed by atoms with Crippen molar-refractivity contribution in [3.63, 3.8) is 0 Å². The van der Waals surface area contributed by atoms with Crippen LogP contribution in [0.25, 0.3) is 0 Å². The molecule has 1 unspecified atom stereocenters. The van der Waals surface area contributed by atoms with E-state index in [9.17, 15) is 15.0 Å². The summed E-state index contributed by atoms with van der Waals surface area (Å²) in [5, 5.41) is 44.9. The second-order valence-electron chi connectivity index (χ2n) is 3.03. The monoisotopic (exact) mass is 245 g/mol. The molecule has 0 fully saturated rings. The number of carboxylic acid groups (broad SMARTS) is 1. The zero-order valence-electron chi connectivity index (χ0n) is 8.55. The molecule has 0 saturated carbocycles. The smallest absolute Gasteiger partial charge is 0.333 e. The fourth-order valence-electron chi connectivity index (χ4n) is 1.08. The van der Waals surface area contributed by atoms with Crippen LogP contribution in [0.2, 0.25) is 0 Å². The Labute approximate surface area is 95.3 Å². The van der Waals surface area contributed by atoms with Gasteiger partial charge in [0.2, 0.25) is 6.35 Å². The number of aliphatic hydroxyl groups excluding tert-OH is 4. The highest BCUT2D eigenvalue weighted by molar-refractivity contribution is 5.91. The van der Waals surface area contributed by atoms with Crippen molar-refractivity contribution >= 4 is 18.0 Å². The van der Waals surface area contributed by atoms with Gasteiger partial charge in [0.25, 0.3) is 0 Å². The number of carboxylic acids is 1. The number of hydrogen-bond acceptors (Lipinski definition) is 6. The Kier molecular flexibility index (Phi) is 4.01. The van der Waals surface area contributed by atoms with E-state index in [2.05, 4.69) is 9.98 Å². The molecule has 0 aromatic heterocycles. The van der Waals surface area contributed by atoms with Gasteiger partial charge in [-0.2, -0.15) is 4.99 Å². The number of aliphatic carboxylic acids is 1. The molecule has 1 rings (SSSR count). The first-order valence-corrected chi connectivity index (χ1v) is 4.51. The topological polar surface area (TPSA) is 146 Å². The summed E-state index contributed by atoms with van der Waals surface area (Å²) in [6.07, 6.45) is -0.986. The highest BCUT2D eigenvalue weighted by Gasteiger charge is 2.24. The molecule has 0 aromatic rings. The second kappa shape index (κ2) is 5.27. The van der Waals surface area contributed by atoms with E-state index in [1.807, 2.05) is 0 Å². The van der Waals surface area contributed by atoms with Gasteiger partial charge < -0.3 is 25.5 Å². The Balaban J connectivity index is 2.97. The lowest BCUT2D eigenvalue weighted by Crippen LogP contribution is -2.39. The molecule has 1 aliphatic rings. The number of amidine groups is 2. The molecule has 1 atom stereocenters. The van der Waals surface area contributed by atoms with Crippen molar-refractivity contribution in [3.05, 3.63) is 11.8 Å². The van der Waals surface area contributed by atoms with Crippen LogP contribution in [-0.4, -0.2) is 61.4 Å². The number of nitrogens with zero attached hydrogens (tertiary/aromatic N) is 3. The van der Waals surface area contributed by atoms with Crippen LogP contribution in [0.4, 0.5) is 0 Å². The summed E-state index contributed by atoms with van der Waals surface area (Å²) in [4.78, 5) is 17.7. The molecule has 0 amide bonds. The third kappa shape index (κ3) is 3.16. The molecule has 5 N–H and O–H groups in total. The van der Waals surface area contributed by atoms with Crippen molar-refractivity contribution in [2.75, 3.05) is 6.61 Å². The zero-order valence-corrected chi connectivity index (χ0v) is 8.55. The number of aliphatic hydroxyl groups is 4. The Morgan fingerprint density at radius 3 is 2.59 bits per heavy atom. The highest BCUT2D eigenvalue weighted by Crippen LogP contribution is 2.11. The molecule has 17 heavy (non-hydrogen) atoms. The van der Waals surface area contributed by atoms with E-state index in [4.69, 9.17) is 15.3 Å². The van der Waals surface area contributed by atoms with Crippen LogP contribution in [0, 0.1) is 0 Å². The molecule has 0 radical (unpaired) electrons. The molecule has 9 heteroatoms. The highest BCUT2D eigenvalue weighted by atomic mass is 16.4. The lowest BCUT2D eigenvalue weighted by molar-refractivity contribution is -0.133. The van der Waals surface area contributed by atoms with Gasteiger partial charge >= 0.3 is 18.0 Å². The number of rotatable bonds is 4. The molecular formula is C8H11N3O6. The molecule has 1 heterocycles. The van der Waals surface area contributed by atoms with Gasteiger partial charge in [0.05, 0.1) is 5.57 Å². The number of aliphatic imine (C=N–C) groups is 2. The van der Waals surface area contributed by atoms with Crippen LogP contribution in [0.3, 0.4) is 0 Å². The van der Waals surface area contributed by atoms with Crippen molar-refractivity contribution in [1.29, 1.82) is 0 Å². The van der Waals surface area contributed by atoms with E-state index < -0.39 is 31.0 Å². The third-order valence-corrected chi connectivity index (χ3v) is 1.86. The number of hydrogen-bond donors (Lipinski definition) is 5. The summed E-state index contributed by atoms with van der Waals surface area (Å²) >= 11 is 0. The van der Waals surface area contributed by atoms with Crippen LogP contribution in [0.5, 0.6) is 0 Å². The van der Waals surface area contributed by atoms with Gasteiger partial charge in [-0.1, -0.05) is 0 Å². The van der Waals surface area contributed by atoms with Crippen LogP contribution >= 0.6 is 0 Å². The molecule has 0 aliphatic carbocycles. The minimum atomic E-state index is -1.68. The summed E-state index contributed by atoms with van der Waals surface area (Å²) in [6.45, 7) is -0.408. The first kappa shape index (κ1) is 12.9. The fourth-order valence-corrected chi connectivity index (χ4v) is 1.08. The molecule has 0 aromatic carbocycles. The van der Waals surface area contributed by atoms with Gasteiger partial charge in [-0.25, -0.2) is 4.79 Å². The predicted molar refractivity (Wildman–Crippen MR) is 55.4 cm³/mol. The van der Waals surface area contributed by atoms with Crippen LogP contribution in [0.15, 0.2) is 21.8 Å². The van der Waals surface area contributed by atoms with E-state index >= 15 is 0 Å². The van der Waals surface area contributed by atoms with Gasteiger partial charge in [-0.15, -0.1) is 4.99 Å². The second-order valence-corrected chi connectivity index (χ2v) is 3.03. The summed E-state index contributed by atoms with van der Waals surface area (Å²) < 4.78 is 0. The first-order valence-electron chi connectivity index (χ1n) is 4.51. The third-order valence-electron chi connectivity index (χ3n) is 1.86. The van der Waals surface area contributed by atoms with Gasteiger partial charge in [-0.05, 0) is 0 Å². The van der Waals surface area contributed by atoms with E-state index in [-0.39, 0.29) is 12.0 Å². The van der Waals surface area contributed by atoms with Crippen molar-refractivity contribution < 1.29 is 30.3 Å². The normalized spacial score (nSPS) is 20.9. The van der Waals surface area contributed by atoms with E-state index in [1.165, 1.54) is 0 Å². The van der Waals surface area contributed by atoms with Crippen LogP contribution in [-0.2, 0) is 4.79 Å². The predicted octanol–water partition coefficient (Wildman–Crippen LogP) is -1.24. The molecular weight excluding hydrogens is 234 g/mol. The van der Waals surface area contributed by atoms with Crippen LogP contribution in [0.1, 0.15) is 6.42 Å². The fraction of sp³-hybridized carbons (Fsp3) is 0.375. The Morgan fingerprint density at radius 2 is 2.12 bits per heavy atom. The Hall–Kier alpha value is -2.13. The van der Waals surface area contributed by atoms with E-state index in [0.29, 0.717) is 4.90 Å². The maximum absolute atomic E-state index is 10.7. The number of carbonyl (C=O) groups is 1. The van der Waals surface area contributed by atoms with Gasteiger partial charge in [0, 0.05) is 19.2 Å². The zero-order chi connectivity index (χ0) is 13.0. The molecule has 94 valence electrons. The van der Waals surface area contributed by atoms with Crippen molar-refractivity contribution in [1.82, 2.24) is 4.90 Å². The largest absolute Gasteiger partial charge is 0.480 e. The van der Waals surface area contributed by atoms with Gasteiger partial charge in [-0.3, -0.25) is 4.90 Å². The minimum absolute atomic E-state index is 0.179. The summed E-state index contributed by atoms with van der Waals surface area (Å²) in [6, 6.07) is -1.62. The van der Waals surface area contributed by atoms with E-state index in [1.54, 1.807) is 0 Å². The summed E-state index contributed by atoms with van der Waals surface area (Å²) in [7, 11) is 0. The van der Waals surface area contributed by atoms with E-state index in [0.717, 1.165) is 6.20 Å². The van der Waals surface area contributed by atoms with Crippen molar-refractivity contribution in [2.45, 2.75) is 12.8 Å². The maximum atomic E-state index is 10.7. The molecule has 0 saturated heterocycles. The molecule has 0 bridgehead atoms. The lowest BCUT2D eigenvalue weighted by atomic mass is 10.2. The van der Waals surface area contributed by atoms with Gasteiger partial charge in [0.15, 0.2) is 0 Å². The Bertz CT molecular complexity index is 402. The lowest BCUT2D eigenvalue weighted by Gasteiger charge is -2.24. The molecule has 1 aliphatic heterocycles. The van der Waals surface area contributed by atoms with Gasteiger partial charge in [0.1, 0.15) is 0 Å². The standard InChI is InChI=1S/C8H11N3O6/c12-2-1-4(5(13)14)3-11-7(16)9-6(15)10-8(11)17/h3,7,12,16H,1-2H2,(H,13,14)(H2,9,10,15,17). The average molecular weight is 245 g/mol. The van der Waals surface area contributed by atoms with Crippen molar-refractivity contribution in [2.24, 2.45) is 9.98 Å². The minimum Gasteiger partial charge on any atom is -0.480 e. The molecule has 9 nitrogen and oxygen atoms in total. The van der Waals surface area contributed by atoms with Crippen LogP contribution < -0.4 is 0 Å². The molecule has 0 spiro atoms.